The number of nitrogens with one attached hydrogen (secondary N) is 2. The molecule has 2 amide bonds. The summed E-state index contributed by atoms with van der Waals surface area (Å²) in [5.74, 6) is 0. The summed E-state index contributed by atoms with van der Waals surface area (Å²) >= 11 is 0. The van der Waals surface area contributed by atoms with E-state index in [0.717, 1.165) is 38.9 Å². The number of H-pyrrole nitrogens is 1. The van der Waals surface area contributed by atoms with Crippen molar-refractivity contribution in [2.45, 2.75) is 38.3 Å². The first kappa shape index (κ1) is 15.5. The van der Waals surface area contributed by atoms with Gasteiger partial charge in [-0.05, 0) is 51.4 Å². The van der Waals surface area contributed by atoms with Crippen LogP contribution in [0.4, 0.5) is 4.79 Å². The maximum atomic E-state index is 12.8. The average Bonchev–Trinajstić information content (AvgIpc) is 2.95. The summed E-state index contributed by atoms with van der Waals surface area (Å²) in [6.07, 6.45) is 3.15. The van der Waals surface area contributed by atoms with E-state index < -0.39 is 0 Å². The molecule has 1 saturated heterocycles. The number of aromatic nitrogens is 1. The van der Waals surface area contributed by atoms with Gasteiger partial charge in [0.1, 0.15) is 0 Å². The minimum absolute atomic E-state index is 0.0760. The Kier molecular flexibility index (Phi) is 3.96. The molecule has 0 aliphatic carbocycles. The lowest BCUT2D eigenvalue weighted by Crippen LogP contribution is -2.52. The number of amides is 2. The van der Waals surface area contributed by atoms with Gasteiger partial charge >= 0.3 is 6.03 Å². The highest BCUT2D eigenvalue weighted by Crippen LogP contribution is 2.34. The Labute approximate surface area is 143 Å². The van der Waals surface area contributed by atoms with Crippen molar-refractivity contribution in [1.82, 2.24) is 20.1 Å². The summed E-state index contributed by atoms with van der Waals surface area (Å²) < 4.78 is 0. The maximum Gasteiger partial charge on any atom is 0.318 e. The Bertz CT molecular complexity index is 753. The SMILES string of the molecule is C[C@@H]1c2[nH]c3ccccc3c2CCN1C(=O)N[C@H]1CCCN(C)C1. The second-order valence-corrected chi connectivity index (χ2v) is 7.23. The Balaban J connectivity index is 1.52. The highest BCUT2D eigenvalue weighted by atomic mass is 16.2. The molecule has 5 nitrogen and oxygen atoms in total. The number of hydrogen-bond acceptors (Lipinski definition) is 2. The quantitative estimate of drug-likeness (QED) is 0.846. The second-order valence-electron chi connectivity index (χ2n) is 7.23. The molecule has 128 valence electrons. The van der Waals surface area contributed by atoms with Gasteiger partial charge in [-0.15, -0.1) is 0 Å². The number of fused-ring (bicyclic) bond motifs is 3. The van der Waals surface area contributed by atoms with Gasteiger partial charge in [-0.1, -0.05) is 18.2 Å². The number of rotatable bonds is 1. The lowest BCUT2D eigenvalue weighted by molar-refractivity contribution is 0.159. The van der Waals surface area contributed by atoms with E-state index in [2.05, 4.69) is 53.4 Å². The molecule has 5 heteroatoms. The van der Waals surface area contributed by atoms with Crippen LogP contribution >= 0.6 is 0 Å². The van der Waals surface area contributed by atoms with E-state index in [1.54, 1.807) is 0 Å². The van der Waals surface area contributed by atoms with Crippen molar-refractivity contribution in [3.05, 3.63) is 35.5 Å². The minimum Gasteiger partial charge on any atom is -0.356 e. The maximum absolute atomic E-state index is 12.8. The van der Waals surface area contributed by atoms with Crippen LogP contribution in [-0.2, 0) is 6.42 Å². The molecule has 1 fully saturated rings. The van der Waals surface area contributed by atoms with Crippen molar-refractivity contribution in [3.63, 3.8) is 0 Å². The van der Waals surface area contributed by atoms with Gasteiger partial charge in [-0.3, -0.25) is 0 Å². The number of carbonyl (C=O) groups is 1. The largest absolute Gasteiger partial charge is 0.356 e. The van der Waals surface area contributed by atoms with Crippen LogP contribution < -0.4 is 5.32 Å². The second kappa shape index (κ2) is 6.13. The fourth-order valence-corrected chi connectivity index (χ4v) is 4.25. The molecule has 3 heterocycles. The first-order valence-corrected chi connectivity index (χ1v) is 8.98. The molecule has 2 aliphatic rings. The smallest absolute Gasteiger partial charge is 0.318 e. The van der Waals surface area contributed by atoms with Crippen molar-refractivity contribution < 1.29 is 4.79 Å². The molecular weight excluding hydrogens is 300 g/mol. The van der Waals surface area contributed by atoms with Crippen molar-refractivity contribution in [3.8, 4) is 0 Å². The first-order chi connectivity index (χ1) is 11.6. The van der Waals surface area contributed by atoms with Crippen LogP contribution in [0.1, 0.15) is 37.1 Å². The van der Waals surface area contributed by atoms with Crippen LogP contribution in [0.2, 0.25) is 0 Å². The van der Waals surface area contributed by atoms with Gasteiger partial charge in [-0.2, -0.15) is 0 Å². The number of nitrogens with zero attached hydrogens (tertiary/aromatic N) is 2. The van der Waals surface area contributed by atoms with E-state index in [1.165, 1.54) is 22.2 Å². The van der Waals surface area contributed by atoms with Crippen LogP contribution in [0.3, 0.4) is 0 Å². The van der Waals surface area contributed by atoms with Gasteiger partial charge in [0, 0.05) is 35.7 Å². The van der Waals surface area contributed by atoms with E-state index in [4.69, 9.17) is 0 Å². The topological polar surface area (TPSA) is 51.4 Å². The van der Waals surface area contributed by atoms with Crippen LogP contribution in [0.15, 0.2) is 24.3 Å². The number of carbonyl (C=O) groups excluding carboxylic acids is 1. The first-order valence-electron chi connectivity index (χ1n) is 8.98. The molecule has 24 heavy (non-hydrogen) atoms. The zero-order valence-corrected chi connectivity index (χ0v) is 14.5. The monoisotopic (exact) mass is 326 g/mol. The Morgan fingerprint density at radius 3 is 2.96 bits per heavy atom. The predicted molar refractivity (Wildman–Crippen MR) is 96.2 cm³/mol. The molecule has 0 saturated carbocycles. The lowest BCUT2D eigenvalue weighted by Gasteiger charge is -2.36. The fraction of sp³-hybridized carbons (Fsp3) is 0.526. The molecule has 2 aromatic rings. The molecular formula is C19H26N4O. The Morgan fingerprint density at radius 2 is 2.12 bits per heavy atom. The number of para-hydroxylation sites is 1. The van der Waals surface area contributed by atoms with Crippen LogP contribution in [-0.4, -0.2) is 53.5 Å². The third-order valence-corrected chi connectivity index (χ3v) is 5.55. The number of hydrogen-bond donors (Lipinski definition) is 2. The molecule has 1 aromatic heterocycles. The van der Waals surface area contributed by atoms with Gasteiger partial charge in [0.25, 0.3) is 0 Å². The summed E-state index contributed by atoms with van der Waals surface area (Å²) in [5.41, 5.74) is 3.74. The van der Waals surface area contributed by atoms with Gasteiger partial charge < -0.3 is 20.1 Å². The van der Waals surface area contributed by atoms with E-state index in [0.29, 0.717) is 0 Å². The number of urea groups is 1. The van der Waals surface area contributed by atoms with Gasteiger partial charge in [0.2, 0.25) is 0 Å². The lowest BCUT2D eigenvalue weighted by atomic mass is 9.98. The Morgan fingerprint density at radius 1 is 1.29 bits per heavy atom. The standard InChI is InChI=1S/C19H26N4O/c1-13-18-16(15-7-3-4-8-17(15)21-18)9-11-23(13)19(24)20-14-6-5-10-22(2)12-14/h3-4,7-8,13-14,21H,5-6,9-12H2,1-2H3,(H,20,24)/t13-,14+/m1/s1. The predicted octanol–water partition coefficient (Wildman–Crippen LogP) is 2.89. The van der Waals surface area contributed by atoms with Crippen molar-refractivity contribution in [1.29, 1.82) is 0 Å². The molecule has 2 N–H and O–H groups in total. The molecule has 2 atom stereocenters. The van der Waals surface area contributed by atoms with E-state index in [1.807, 2.05) is 4.90 Å². The fourth-order valence-electron chi connectivity index (χ4n) is 4.25. The molecule has 0 unspecified atom stereocenters. The highest BCUT2D eigenvalue weighted by molar-refractivity contribution is 5.86. The number of likely N-dealkylation sites (N-methyl/N-ethyl adjacent to an activating group) is 1. The van der Waals surface area contributed by atoms with Gasteiger partial charge in [0.05, 0.1) is 6.04 Å². The number of aromatic amines is 1. The molecule has 4 rings (SSSR count). The van der Waals surface area contributed by atoms with Crippen LogP contribution in [0.5, 0.6) is 0 Å². The van der Waals surface area contributed by atoms with E-state index in [9.17, 15) is 4.79 Å². The van der Waals surface area contributed by atoms with Gasteiger partial charge in [-0.25, -0.2) is 4.79 Å². The Hall–Kier alpha value is -2.01. The normalized spacial score (nSPS) is 24.8. The number of benzene rings is 1. The molecule has 2 aliphatic heterocycles. The third kappa shape index (κ3) is 2.67. The van der Waals surface area contributed by atoms with Crippen molar-refractivity contribution in [2.24, 2.45) is 0 Å². The van der Waals surface area contributed by atoms with Crippen LogP contribution in [0.25, 0.3) is 10.9 Å². The van der Waals surface area contributed by atoms with E-state index in [-0.39, 0.29) is 18.1 Å². The highest BCUT2D eigenvalue weighted by Gasteiger charge is 2.31. The van der Waals surface area contributed by atoms with Crippen molar-refractivity contribution in [2.75, 3.05) is 26.7 Å². The third-order valence-electron chi connectivity index (χ3n) is 5.55. The zero-order valence-electron chi connectivity index (χ0n) is 14.5. The van der Waals surface area contributed by atoms with Crippen LogP contribution in [0, 0.1) is 0 Å². The summed E-state index contributed by atoms with van der Waals surface area (Å²) in [6.45, 7) is 4.99. The zero-order chi connectivity index (χ0) is 16.7. The van der Waals surface area contributed by atoms with Gasteiger partial charge in [0.15, 0.2) is 0 Å². The molecule has 0 bridgehead atoms. The summed E-state index contributed by atoms with van der Waals surface area (Å²) in [5, 5.41) is 4.54. The van der Waals surface area contributed by atoms with E-state index >= 15 is 0 Å². The summed E-state index contributed by atoms with van der Waals surface area (Å²) in [6, 6.07) is 8.86. The molecule has 0 radical (unpaired) electrons. The average molecular weight is 326 g/mol. The minimum atomic E-state index is 0.0760. The molecule has 1 aromatic carbocycles. The molecule has 0 spiro atoms. The summed E-state index contributed by atoms with van der Waals surface area (Å²) in [4.78, 5) is 20.6. The van der Waals surface area contributed by atoms with Crippen molar-refractivity contribution >= 4 is 16.9 Å². The summed E-state index contributed by atoms with van der Waals surface area (Å²) in [7, 11) is 2.12. The number of likely N-dealkylation sites (tertiary alicyclic amines) is 1. The number of piperidine rings is 1.